The van der Waals surface area contributed by atoms with E-state index < -0.39 is 43.3 Å². The van der Waals surface area contributed by atoms with Crippen LogP contribution in [0.4, 0.5) is 0 Å². The summed E-state index contributed by atoms with van der Waals surface area (Å²) in [5, 5.41) is 37.5. The zero-order valence-corrected chi connectivity index (χ0v) is 10.2. The Morgan fingerprint density at radius 1 is 1.22 bits per heavy atom. The van der Waals surface area contributed by atoms with Crippen molar-refractivity contribution in [2.45, 2.75) is 56.9 Å². The normalized spacial score (nSPS) is 36.4. The first-order valence-corrected chi connectivity index (χ1v) is 6.01. The minimum atomic E-state index is -1.53. The third kappa shape index (κ3) is 3.63. The summed E-state index contributed by atoms with van der Waals surface area (Å²) in [4.78, 5) is 11.4. The average Bonchev–Trinajstić information content (AvgIpc) is 2.37. The average molecular weight is 264 g/mol. The number of carbonyl (C=O) groups is 1. The van der Waals surface area contributed by atoms with Gasteiger partial charge in [-0.15, -0.1) is 0 Å². The summed E-state index contributed by atoms with van der Waals surface area (Å²) in [6.07, 6.45) is -5.29. The van der Waals surface area contributed by atoms with E-state index in [2.05, 4.69) is 0 Å². The Bertz CT molecular complexity index is 268. The highest BCUT2D eigenvalue weighted by molar-refractivity contribution is 5.69. The Kier molecular flexibility index (Phi) is 5.97. The SMILES string of the molecule is CCCCC(=O)OC1O[C@H](CO)[C@@H](O)[C@H](O)[C@@H]1O. The molecule has 1 aliphatic heterocycles. The molecule has 0 aliphatic carbocycles. The number of hydrogen-bond donors (Lipinski definition) is 4. The van der Waals surface area contributed by atoms with Crippen LogP contribution in [0.1, 0.15) is 26.2 Å². The third-order valence-corrected chi connectivity index (χ3v) is 2.83. The lowest BCUT2D eigenvalue weighted by atomic mass is 9.99. The molecule has 1 rings (SSSR count). The molecule has 0 amide bonds. The first-order valence-electron chi connectivity index (χ1n) is 6.01. The molecule has 1 unspecified atom stereocenters. The summed E-state index contributed by atoms with van der Waals surface area (Å²) in [5.41, 5.74) is 0. The molecule has 1 fully saturated rings. The van der Waals surface area contributed by atoms with Crippen LogP contribution >= 0.6 is 0 Å². The van der Waals surface area contributed by atoms with Gasteiger partial charge in [0.25, 0.3) is 0 Å². The Hall–Kier alpha value is -0.730. The summed E-state index contributed by atoms with van der Waals surface area (Å²) < 4.78 is 9.89. The van der Waals surface area contributed by atoms with Gasteiger partial charge in [0.2, 0.25) is 6.29 Å². The van der Waals surface area contributed by atoms with Crippen LogP contribution in [0.2, 0.25) is 0 Å². The minimum absolute atomic E-state index is 0.186. The van der Waals surface area contributed by atoms with Gasteiger partial charge < -0.3 is 29.9 Å². The molecule has 1 aliphatic rings. The summed E-state index contributed by atoms with van der Waals surface area (Å²) in [6, 6.07) is 0. The molecule has 1 heterocycles. The minimum Gasteiger partial charge on any atom is -0.433 e. The zero-order chi connectivity index (χ0) is 13.7. The second kappa shape index (κ2) is 7.01. The molecular formula is C11H20O7. The Labute approximate surface area is 105 Å². The number of ether oxygens (including phenoxy) is 2. The molecule has 0 spiro atoms. The van der Waals surface area contributed by atoms with Crippen LogP contribution in [0.25, 0.3) is 0 Å². The van der Waals surface area contributed by atoms with Gasteiger partial charge in [-0.2, -0.15) is 0 Å². The molecule has 0 aromatic rings. The standard InChI is InChI=1S/C11H20O7/c1-2-3-4-7(13)18-11-10(16)9(15)8(14)6(5-12)17-11/h6,8-12,14-16H,2-5H2,1H3/t6-,8-,9+,10+,11?/m1/s1. The molecule has 0 aromatic heterocycles. The Morgan fingerprint density at radius 2 is 1.89 bits per heavy atom. The van der Waals surface area contributed by atoms with Crippen LogP contribution in [-0.2, 0) is 14.3 Å². The summed E-state index contributed by atoms with van der Waals surface area (Å²) in [7, 11) is 0. The van der Waals surface area contributed by atoms with E-state index in [-0.39, 0.29) is 6.42 Å². The van der Waals surface area contributed by atoms with Gasteiger partial charge in [0, 0.05) is 6.42 Å². The second-order valence-electron chi connectivity index (χ2n) is 4.29. The van der Waals surface area contributed by atoms with E-state index in [1.165, 1.54) is 0 Å². The van der Waals surface area contributed by atoms with Gasteiger partial charge in [0.05, 0.1) is 6.61 Å². The fraction of sp³-hybridized carbons (Fsp3) is 0.909. The molecule has 0 aromatic carbocycles. The van der Waals surface area contributed by atoms with Crippen molar-refractivity contribution in [3.8, 4) is 0 Å². The van der Waals surface area contributed by atoms with Gasteiger partial charge in [-0.3, -0.25) is 4.79 Å². The summed E-state index contributed by atoms with van der Waals surface area (Å²) in [6.45, 7) is 1.37. The number of hydrogen-bond acceptors (Lipinski definition) is 7. The van der Waals surface area contributed by atoms with Crippen molar-refractivity contribution in [3.63, 3.8) is 0 Å². The van der Waals surface area contributed by atoms with Crippen LogP contribution in [0.15, 0.2) is 0 Å². The number of carbonyl (C=O) groups excluding carboxylic acids is 1. The van der Waals surface area contributed by atoms with Crippen LogP contribution < -0.4 is 0 Å². The quantitative estimate of drug-likeness (QED) is 0.447. The van der Waals surface area contributed by atoms with Gasteiger partial charge >= 0.3 is 5.97 Å². The molecule has 7 nitrogen and oxygen atoms in total. The van der Waals surface area contributed by atoms with Crippen LogP contribution in [0.3, 0.4) is 0 Å². The van der Waals surface area contributed by atoms with Crippen molar-refractivity contribution in [3.05, 3.63) is 0 Å². The lowest BCUT2D eigenvalue weighted by Crippen LogP contribution is -2.59. The van der Waals surface area contributed by atoms with Crippen molar-refractivity contribution in [1.82, 2.24) is 0 Å². The first-order chi connectivity index (χ1) is 8.51. The van der Waals surface area contributed by atoms with Crippen molar-refractivity contribution in [2.24, 2.45) is 0 Å². The van der Waals surface area contributed by atoms with Crippen LogP contribution in [0, 0.1) is 0 Å². The van der Waals surface area contributed by atoms with E-state index in [0.717, 1.165) is 6.42 Å². The molecule has 0 bridgehead atoms. The number of esters is 1. The lowest BCUT2D eigenvalue weighted by Gasteiger charge is -2.39. The van der Waals surface area contributed by atoms with Gasteiger partial charge in [-0.05, 0) is 6.42 Å². The van der Waals surface area contributed by atoms with Gasteiger partial charge in [0.1, 0.15) is 24.4 Å². The molecule has 0 saturated carbocycles. The van der Waals surface area contributed by atoms with Crippen molar-refractivity contribution >= 4 is 5.97 Å². The van der Waals surface area contributed by atoms with E-state index >= 15 is 0 Å². The molecule has 5 atom stereocenters. The fourth-order valence-corrected chi connectivity index (χ4v) is 1.67. The zero-order valence-electron chi connectivity index (χ0n) is 10.2. The Balaban J connectivity index is 2.56. The lowest BCUT2D eigenvalue weighted by molar-refractivity contribution is -0.292. The molecule has 4 N–H and O–H groups in total. The van der Waals surface area contributed by atoms with E-state index in [1.54, 1.807) is 0 Å². The van der Waals surface area contributed by atoms with Crippen molar-refractivity contribution in [2.75, 3.05) is 6.61 Å². The Morgan fingerprint density at radius 3 is 2.44 bits per heavy atom. The molecule has 7 heteroatoms. The first kappa shape index (κ1) is 15.3. The molecule has 0 radical (unpaired) electrons. The number of rotatable bonds is 5. The topological polar surface area (TPSA) is 116 Å². The smallest absolute Gasteiger partial charge is 0.308 e. The van der Waals surface area contributed by atoms with Crippen molar-refractivity contribution in [1.29, 1.82) is 0 Å². The highest BCUT2D eigenvalue weighted by atomic mass is 16.7. The number of aliphatic hydroxyl groups is 4. The van der Waals surface area contributed by atoms with Crippen molar-refractivity contribution < 1.29 is 34.7 Å². The second-order valence-corrected chi connectivity index (χ2v) is 4.29. The number of aliphatic hydroxyl groups excluding tert-OH is 4. The van der Waals surface area contributed by atoms with Crippen LogP contribution in [0.5, 0.6) is 0 Å². The van der Waals surface area contributed by atoms with Crippen LogP contribution in [-0.4, -0.2) is 63.7 Å². The summed E-state index contributed by atoms with van der Waals surface area (Å²) in [5.74, 6) is -0.554. The highest BCUT2D eigenvalue weighted by Crippen LogP contribution is 2.22. The molecule has 106 valence electrons. The highest BCUT2D eigenvalue weighted by Gasteiger charge is 2.45. The van der Waals surface area contributed by atoms with Gasteiger partial charge in [0.15, 0.2) is 0 Å². The van der Waals surface area contributed by atoms with E-state index in [9.17, 15) is 20.1 Å². The molecular weight excluding hydrogens is 244 g/mol. The van der Waals surface area contributed by atoms with Gasteiger partial charge in [-0.25, -0.2) is 0 Å². The van der Waals surface area contributed by atoms with Gasteiger partial charge in [-0.1, -0.05) is 13.3 Å². The predicted octanol–water partition coefficient (Wildman–Crippen LogP) is -1.48. The fourth-order valence-electron chi connectivity index (χ4n) is 1.67. The predicted molar refractivity (Wildman–Crippen MR) is 59.4 cm³/mol. The largest absolute Gasteiger partial charge is 0.433 e. The monoisotopic (exact) mass is 264 g/mol. The molecule has 1 saturated heterocycles. The number of unbranched alkanes of at least 4 members (excludes halogenated alkanes) is 1. The summed E-state index contributed by atoms with van der Waals surface area (Å²) >= 11 is 0. The maximum atomic E-state index is 11.4. The maximum absolute atomic E-state index is 11.4. The third-order valence-electron chi connectivity index (χ3n) is 2.83. The van der Waals surface area contributed by atoms with E-state index in [4.69, 9.17) is 14.6 Å². The molecule has 18 heavy (non-hydrogen) atoms. The van der Waals surface area contributed by atoms with E-state index in [0.29, 0.717) is 6.42 Å². The maximum Gasteiger partial charge on any atom is 0.308 e. The van der Waals surface area contributed by atoms with E-state index in [1.807, 2.05) is 6.92 Å².